The third-order valence-corrected chi connectivity index (χ3v) is 13.7. The Morgan fingerprint density at radius 2 is 0.500 bits per heavy atom. The van der Waals surface area contributed by atoms with Crippen molar-refractivity contribution in [1.29, 1.82) is 0 Å². The van der Waals surface area contributed by atoms with Gasteiger partial charge in [-0.05, 0) is 31.1 Å². The summed E-state index contributed by atoms with van der Waals surface area (Å²) in [7, 11) is 0. The summed E-state index contributed by atoms with van der Waals surface area (Å²) in [6.07, 6.45) is 56.6. The smallest absolute Gasteiger partial charge is 0.306 e. The van der Waals surface area contributed by atoms with E-state index < -0.39 is 6.10 Å². The zero-order valence-corrected chi connectivity index (χ0v) is 45.3. The number of rotatable bonds is 54. The van der Waals surface area contributed by atoms with E-state index in [2.05, 4.69) is 34.6 Å². The fraction of sp³-hybridized carbons (Fsp3) is 0.950. The Morgan fingerprint density at radius 3 is 0.742 bits per heavy atom. The van der Waals surface area contributed by atoms with Gasteiger partial charge in [0.15, 0.2) is 6.10 Å². The van der Waals surface area contributed by atoms with Gasteiger partial charge in [0.2, 0.25) is 0 Å². The molecule has 0 rings (SSSR count). The summed E-state index contributed by atoms with van der Waals surface area (Å²) in [4.78, 5) is 38.2. The van der Waals surface area contributed by atoms with Gasteiger partial charge in [0, 0.05) is 19.3 Å². The van der Waals surface area contributed by atoms with Crippen LogP contribution >= 0.6 is 0 Å². The topological polar surface area (TPSA) is 78.9 Å². The molecule has 0 N–H and O–H groups in total. The Morgan fingerprint density at radius 1 is 0.288 bits per heavy atom. The first kappa shape index (κ1) is 64.4. The maximum atomic E-state index is 12.9. The van der Waals surface area contributed by atoms with Crippen molar-refractivity contribution in [3.05, 3.63) is 0 Å². The Bertz CT molecular complexity index is 1010. The van der Waals surface area contributed by atoms with Gasteiger partial charge in [0.25, 0.3) is 0 Å². The van der Waals surface area contributed by atoms with E-state index in [1.807, 2.05) is 0 Å². The summed E-state index contributed by atoms with van der Waals surface area (Å²) in [6.45, 7) is 11.4. The SMILES string of the molecule is CCCCCCCCCCCCCCCCC(=O)OC[C@@H](COC(=O)CCCCCCCCCCCCCCCCCC(C)C)OC(=O)CCCCCCCCCCCCCCCC(C)C. The Hall–Kier alpha value is -1.59. The maximum absolute atomic E-state index is 12.9. The summed E-state index contributed by atoms with van der Waals surface area (Å²) < 4.78 is 16.9. The standard InChI is InChI=1S/C60H116O6/c1-6-7-8-9-10-11-12-13-20-25-30-35-40-45-50-58(61)64-53-57(66-60(63)52-47-42-37-32-27-22-17-19-24-29-34-39-44-49-56(4)5)54-65-59(62)51-46-41-36-31-26-21-16-14-15-18-23-28-33-38-43-48-55(2)3/h55-57H,6-54H2,1-5H3/t57-/m0/s1. The zero-order chi connectivity index (χ0) is 48.2. The molecule has 0 bridgehead atoms. The number of ether oxygens (including phenoxy) is 3. The highest BCUT2D eigenvalue weighted by Gasteiger charge is 2.19. The predicted molar refractivity (Wildman–Crippen MR) is 284 cm³/mol. The summed E-state index contributed by atoms with van der Waals surface area (Å²) in [5.74, 6) is 0.851. The van der Waals surface area contributed by atoms with Crippen LogP contribution in [0.5, 0.6) is 0 Å². The number of hydrogen-bond donors (Lipinski definition) is 0. The van der Waals surface area contributed by atoms with E-state index in [1.54, 1.807) is 0 Å². The van der Waals surface area contributed by atoms with Crippen LogP contribution in [0.4, 0.5) is 0 Å². The van der Waals surface area contributed by atoms with Crippen LogP contribution in [0, 0.1) is 11.8 Å². The third-order valence-electron chi connectivity index (χ3n) is 13.7. The van der Waals surface area contributed by atoms with Crippen LogP contribution in [-0.4, -0.2) is 37.2 Å². The van der Waals surface area contributed by atoms with E-state index in [1.165, 1.54) is 225 Å². The molecule has 66 heavy (non-hydrogen) atoms. The molecule has 0 spiro atoms. The molecular weight excluding hydrogens is 817 g/mol. The summed E-state index contributed by atoms with van der Waals surface area (Å²) in [6, 6.07) is 0. The van der Waals surface area contributed by atoms with Crippen LogP contribution < -0.4 is 0 Å². The van der Waals surface area contributed by atoms with Gasteiger partial charge in [0.1, 0.15) is 13.2 Å². The van der Waals surface area contributed by atoms with Crippen molar-refractivity contribution in [2.45, 2.75) is 343 Å². The minimum atomic E-state index is -0.763. The molecular formula is C60H116O6. The molecule has 0 heterocycles. The minimum Gasteiger partial charge on any atom is -0.462 e. The Balaban J connectivity index is 4.29. The number of carbonyl (C=O) groups excluding carboxylic acids is 3. The molecule has 0 saturated heterocycles. The lowest BCUT2D eigenvalue weighted by molar-refractivity contribution is -0.167. The van der Waals surface area contributed by atoms with Crippen LogP contribution in [0.15, 0.2) is 0 Å². The van der Waals surface area contributed by atoms with Crippen molar-refractivity contribution >= 4 is 17.9 Å². The maximum Gasteiger partial charge on any atom is 0.306 e. The summed E-state index contributed by atoms with van der Waals surface area (Å²) in [5.41, 5.74) is 0. The Kier molecular flexibility index (Phi) is 51.5. The molecule has 0 aliphatic rings. The van der Waals surface area contributed by atoms with E-state index in [0.29, 0.717) is 19.3 Å². The number of esters is 3. The van der Waals surface area contributed by atoms with Gasteiger partial charge in [-0.1, -0.05) is 298 Å². The Labute approximate surface area is 412 Å². The first-order chi connectivity index (χ1) is 32.2. The molecule has 0 aliphatic carbocycles. The molecule has 0 aliphatic heterocycles. The van der Waals surface area contributed by atoms with Crippen LogP contribution in [0.2, 0.25) is 0 Å². The molecule has 0 unspecified atom stereocenters. The lowest BCUT2D eigenvalue weighted by Crippen LogP contribution is -2.30. The van der Waals surface area contributed by atoms with Crippen LogP contribution in [0.3, 0.4) is 0 Å². The number of carbonyl (C=O) groups is 3. The van der Waals surface area contributed by atoms with Crippen molar-refractivity contribution in [3.63, 3.8) is 0 Å². The van der Waals surface area contributed by atoms with Gasteiger partial charge in [0.05, 0.1) is 0 Å². The highest BCUT2D eigenvalue weighted by Crippen LogP contribution is 2.18. The van der Waals surface area contributed by atoms with Gasteiger partial charge < -0.3 is 14.2 Å². The molecule has 1 atom stereocenters. The number of unbranched alkanes of at least 4 members (excludes halogenated alkanes) is 39. The van der Waals surface area contributed by atoms with Gasteiger partial charge in [-0.15, -0.1) is 0 Å². The van der Waals surface area contributed by atoms with E-state index in [9.17, 15) is 14.4 Å². The lowest BCUT2D eigenvalue weighted by Gasteiger charge is -2.18. The van der Waals surface area contributed by atoms with Crippen molar-refractivity contribution in [2.75, 3.05) is 13.2 Å². The number of hydrogen-bond acceptors (Lipinski definition) is 6. The molecule has 0 fully saturated rings. The second kappa shape index (κ2) is 52.8. The summed E-state index contributed by atoms with van der Waals surface area (Å²) in [5, 5.41) is 0. The molecule has 0 aromatic carbocycles. The van der Waals surface area contributed by atoms with Gasteiger partial charge in [-0.3, -0.25) is 14.4 Å². The summed E-state index contributed by atoms with van der Waals surface area (Å²) >= 11 is 0. The third kappa shape index (κ3) is 53.4. The van der Waals surface area contributed by atoms with Crippen LogP contribution in [-0.2, 0) is 28.6 Å². The first-order valence-corrected chi connectivity index (χ1v) is 29.7. The molecule has 392 valence electrons. The van der Waals surface area contributed by atoms with Crippen LogP contribution in [0.1, 0.15) is 336 Å². The van der Waals surface area contributed by atoms with Crippen LogP contribution in [0.25, 0.3) is 0 Å². The largest absolute Gasteiger partial charge is 0.462 e. The fourth-order valence-corrected chi connectivity index (χ4v) is 9.23. The van der Waals surface area contributed by atoms with Crippen molar-refractivity contribution in [1.82, 2.24) is 0 Å². The van der Waals surface area contributed by atoms with E-state index in [0.717, 1.165) is 69.6 Å². The molecule has 0 radical (unpaired) electrons. The zero-order valence-electron chi connectivity index (χ0n) is 45.3. The van der Waals surface area contributed by atoms with E-state index >= 15 is 0 Å². The van der Waals surface area contributed by atoms with Gasteiger partial charge in [-0.2, -0.15) is 0 Å². The quantitative estimate of drug-likeness (QED) is 0.0343. The molecule has 0 saturated carbocycles. The molecule has 0 amide bonds. The molecule has 6 nitrogen and oxygen atoms in total. The molecule has 6 heteroatoms. The van der Waals surface area contributed by atoms with Crippen molar-refractivity contribution in [2.24, 2.45) is 11.8 Å². The average Bonchev–Trinajstić information content (AvgIpc) is 3.29. The van der Waals surface area contributed by atoms with Crippen molar-refractivity contribution in [3.8, 4) is 0 Å². The average molecular weight is 934 g/mol. The lowest BCUT2D eigenvalue weighted by atomic mass is 10.0. The highest BCUT2D eigenvalue weighted by atomic mass is 16.6. The minimum absolute atomic E-state index is 0.0623. The normalized spacial score (nSPS) is 12.0. The molecule has 0 aromatic heterocycles. The second-order valence-corrected chi connectivity index (χ2v) is 21.6. The van der Waals surface area contributed by atoms with Gasteiger partial charge >= 0.3 is 17.9 Å². The molecule has 0 aromatic rings. The highest BCUT2D eigenvalue weighted by molar-refractivity contribution is 5.71. The van der Waals surface area contributed by atoms with Gasteiger partial charge in [-0.25, -0.2) is 0 Å². The van der Waals surface area contributed by atoms with Crippen molar-refractivity contribution < 1.29 is 28.6 Å². The first-order valence-electron chi connectivity index (χ1n) is 29.7. The fourth-order valence-electron chi connectivity index (χ4n) is 9.23. The van der Waals surface area contributed by atoms with E-state index in [4.69, 9.17) is 14.2 Å². The predicted octanol–water partition coefficient (Wildman–Crippen LogP) is 19.7. The monoisotopic (exact) mass is 933 g/mol. The second-order valence-electron chi connectivity index (χ2n) is 21.6. The van der Waals surface area contributed by atoms with E-state index in [-0.39, 0.29) is 31.1 Å².